The van der Waals surface area contributed by atoms with Crippen LogP contribution in [0.2, 0.25) is 0 Å². The molecular formula is C15H20BrN3O. The smallest absolute Gasteiger partial charge is 0.323 e. The van der Waals surface area contributed by atoms with E-state index in [1.807, 2.05) is 12.1 Å². The van der Waals surface area contributed by atoms with Crippen molar-refractivity contribution in [1.29, 1.82) is 0 Å². The fraction of sp³-hybridized carbons (Fsp3) is 0.533. The zero-order valence-electron chi connectivity index (χ0n) is 11.8. The van der Waals surface area contributed by atoms with Crippen LogP contribution in [-0.4, -0.2) is 16.0 Å². The van der Waals surface area contributed by atoms with Crippen molar-refractivity contribution in [2.45, 2.75) is 39.2 Å². The van der Waals surface area contributed by atoms with E-state index in [1.165, 1.54) is 19.3 Å². The molecule has 0 radical (unpaired) electrons. The van der Waals surface area contributed by atoms with E-state index in [-0.39, 0.29) is 5.69 Å². The Morgan fingerprint density at radius 1 is 1.20 bits per heavy atom. The summed E-state index contributed by atoms with van der Waals surface area (Å²) in [5.41, 5.74) is 2.57. The van der Waals surface area contributed by atoms with E-state index in [9.17, 15) is 4.79 Å². The molecular weight excluding hydrogens is 318 g/mol. The molecule has 0 bridgehead atoms. The molecule has 3 atom stereocenters. The number of benzene rings is 1. The third-order valence-electron chi connectivity index (χ3n) is 4.65. The summed E-state index contributed by atoms with van der Waals surface area (Å²) < 4.78 is 0.991. The molecule has 1 heterocycles. The molecule has 1 aliphatic rings. The Kier molecular flexibility index (Phi) is 3.63. The van der Waals surface area contributed by atoms with Gasteiger partial charge in [0.25, 0.3) is 0 Å². The van der Waals surface area contributed by atoms with Gasteiger partial charge in [-0.05, 0) is 46.3 Å². The minimum Gasteiger partial charge on any atom is -0.381 e. The third-order valence-corrected chi connectivity index (χ3v) is 5.31. The highest BCUT2D eigenvalue weighted by molar-refractivity contribution is 9.10. The lowest BCUT2D eigenvalue weighted by molar-refractivity contribution is 0.253. The lowest BCUT2D eigenvalue weighted by Gasteiger charge is -2.35. The Labute approximate surface area is 126 Å². The van der Waals surface area contributed by atoms with Crippen molar-refractivity contribution in [2.24, 2.45) is 11.8 Å². The first-order valence-electron chi connectivity index (χ1n) is 7.22. The first-order valence-corrected chi connectivity index (χ1v) is 8.02. The molecule has 3 rings (SSSR count). The van der Waals surface area contributed by atoms with Gasteiger partial charge >= 0.3 is 5.69 Å². The van der Waals surface area contributed by atoms with Crippen molar-refractivity contribution in [2.75, 3.05) is 5.32 Å². The van der Waals surface area contributed by atoms with Crippen molar-refractivity contribution in [1.82, 2.24) is 9.97 Å². The van der Waals surface area contributed by atoms with Crippen LogP contribution >= 0.6 is 15.9 Å². The van der Waals surface area contributed by atoms with Crippen molar-refractivity contribution in [3.8, 4) is 0 Å². The van der Waals surface area contributed by atoms with Crippen molar-refractivity contribution in [3.63, 3.8) is 0 Å². The second kappa shape index (κ2) is 5.28. The number of H-pyrrole nitrogens is 2. The van der Waals surface area contributed by atoms with Gasteiger partial charge in [0.1, 0.15) is 0 Å². The molecule has 1 aliphatic carbocycles. The van der Waals surface area contributed by atoms with Crippen molar-refractivity contribution < 1.29 is 0 Å². The molecule has 4 nitrogen and oxygen atoms in total. The van der Waals surface area contributed by atoms with Gasteiger partial charge in [-0.25, -0.2) is 4.79 Å². The summed E-state index contributed by atoms with van der Waals surface area (Å²) in [4.78, 5) is 16.9. The molecule has 5 heteroatoms. The van der Waals surface area contributed by atoms with Gasteiger partial charge in [-0.1, -0.05) is 26.7 Å². The number of fused-ring (bicyclic) bond motifs is 1. The first-order chi connectivity index (χ1) is 9.54. The maximum absolute atomic E-state index is 11.3. The SMILES string of the molecule is CC1CCCC(Nc2cc3[nH]c(=O)[nH]c3cc2Br)C1C. The van der Waals surface area contributed by atoms with Crippen LogP contribution in [0.3, 0.4) is 0 Å². The van der Waals surface area contributed by atoms with E-state index in [0.717, 1.165) is 27.1 Å². The molecule has 20 heavy (non-hydrogen) atoms. The predicted molar refractivity (Wildman–Crippen MR) is 86.2 cm³/mol. The van der Waals surface area contributed by atoms with E-state index in [0.29, 0.717) is 12.0 Å². The van der Waals surface area contributed by atoms with E-state index in [2.05, 4.69) is 45.1 Å². The highest BCUT2D eigenvalue weighted by Crippen LogP contribution is 2.34. The second-order valence-corrected chi connectivity index (χ2v) is 6.83. The summed E-state index contributed by atoms with van der Waals surface area (Å²) in [5.74, 6) is 1.42. The van der Waals surface area contributed by atoms with Crippen LogP contribution in [0.5, 0.6) is 0 Å². The second-order valence-electron chi connectivity index (χ2n) is 5.97. The van der Waals surface area contributed by atoms with Gasteiger partial charge in [-0.3, -0.25) is 0 Å². The van der Waals surface area contributed by atoms with Crippen LogP contribution in [0.4, 0.5) is 5.69 Å². The third kappa shape index (κ3) is 2.51. The molecule has 0 spiro atoms. The molecule has 3 unspecified atom stereocenters. The van der Waals surface area contributed by atoms with Crippen molar-refractivity contribution in [3.05, 3.63) is 27.1 Å². The molecule has 0 aliphatic heterocycles. The molecule has 3 N–H and O–H groups in total. The Bertz CT molecular complexity index is 675. The Morgan fingerprint density at radius 2 is 1.90 bits per heavy atom. The van der Waals surface area contributed by atoms with E-state index >= 15 is 0 Å². The molecule has 0 saturated heterocycles. The summed E-state index contributed by atoms with van der Waals surface area (Å²) in [5, 5.41) is 3.65. The zero-order chi connectivity index (χ0) is 14.3. The number of hydrogen-bond donors (Lipinski definition) is 3. The predicted octanol–water partition coefficient (Wildman–Crippen LogP) is 3.86. The standard InChI is InChI=1S/C15H20BrN3O/c1-8-4-3-5-11(9(8)2)17-12-7-14-13(6-10(12)16)18-15(20)19-14/h6-9,11,17H,3-5H2,1-2H3,(H2,18,19,20). The summed E-state index contributed by atoms with van der Waals surface area (Å²) in [6.45, 7) is 4.66. The number of aromatic nitrogens is 2. The average molecular weight is 338 g/mol. The van der Waals surface area contributed by atoms with Crippen LogP contribution < -0.4 is 11.0 Å². The fourth-order valence-corrected chi connectivity index (χ4v) is 3.61. The van der Waals surface area contributed by atoms with E-state index < -0.39 is 0 Å². The van der Waals surface area contributed by atoms with Crippen molar-refractivity contribution >= 4 is 32.7 Å². The number of imidazole rings is 1. The fourth-order valence-electron chi connectivity index (χ4n) is 3.15. The van der Waals surface area contributed by atoms with Crippen LogP contribution in [0.1, 0.15) is 33.1 Å². The summed E-state index contributed by atoms with van der Waals surface area (Å²) >= 11 is 3.59. The number of hydrogen-bond acceptors (Lipinski definition) is 2. The monoisotopic (exact) mass is 337 g/mol. The number of halogens is 1. The molecule has 2 aromatic rings. The number of rotatable bonds is 2. The summed E-state index contributed by atoms with van der Waals surface area (Å²) in [6.07, 6.45) is 3.81. The van der Waals surface area contributed by atoms with Gasteiger partial charge < -0.3 is 15.3 Å². The lowest BCUT2D eigenvalue weighted by Crippen LogP contribution is -2.35. The molecule has 0 amide bonds. The minimum absolute atomic E-state index is 0.163. The van der Waals surface area contributed by atoms with Gasteiger partial charge in [-0.15, -0.1) is 0 Å². The molecule has 108 valence electrons. The molecule has 1 fully saturated rings. The maximum Gasteiger partial charge on any atom is 0.323 e. The topological polar surface area (TPSA) is 60.7 Å². The normalized spacial score (nSPS) is 26.9. The highest BCUT2D eigenvalue weighted by atomic mass is 79.9. The van der Waals surface area contributed by atoms with Crippen LogP contribution in [0.25, 0.3) is 11.0 Å². The number of anilines is 1. The van der Waals surface area contributed by atoms with Gasteiger partial charge in [0, 0.05) is 10.5 Å². The summed E-state index contributed by atoms with van der Waals surface area (Å²) in [6, 6.07) is 4.45. The summed E-state index contributed by atoms with van der Waals surface area (Å²) in [7, 11) is 0. The van der Waals surface area contributed by atoms with Crippen LogP contribution in [0.15, 0.2) is 21.4 Å². The average Bonchev–Trinajstić information content (AvgIpc) is 2.74. The van der Waals surface area contributed by atoms with E-state index in [4.69, 9.17) is 0 Å². The minimum atomic E-state index is -0.163. The van der Waals surface area contributed by atoms with Gasteiger partial charge in [0.15, 0.2) is 0 Å². The van der Waals surface area contributed by atoms with Gasteiger partial charge in [-0.2, -0.15) is 0 Å². The Morgan fingerprint density at radius 3 is 2.65 bits per heavy atom. The van der Waals surface area contributed by atoms with Crippen LogP contribution in [-0.2, 0) is 0 Å². The first kappa shape index (κ1) is 13.7. The Hall–Kier alpha value is -1.23. The quantitative estimate of drug-likeness (QED) is 0.779. The number of nitrogens with one attached hydrogen (secondary N) is 3. The highest BCUT2D eigenvalue weighted by Gasteiger charge is 2.27. The molecule has 1 aromatic heterocycles. The zero-order valence-corrected chi connectivity index (χ0v) is 13.4. The molecule has 1 aromatic carbocycles. The van der Waals surface area contributed by atoms with Crippen LogP contribution in [0, 0.1) is 11.8 Å². The Balaban J connectivity index is 1.89. The van der Waals surface area contributed by atoms with Gasteiger partial charge in [0.05, 0.1) is 16.7 Å². The van der Waals surface area contributed by atoms with Gasteiger partial charge in [0.2, 0.25) is 0 Å². The maximum atomic E-state index is 11.3. The number of aromatic amines is 2. The van der Waals surface area contributed by atoms with E-state index in [1.54, 1.807) is 0 Å². The largest absolute Gasteiger partial charge is 0.381 e. The molecule has 1 saturated carbocycles. The lowest BCUT2D eigenvalue weighted by atomic mass is 9.78.